The maximum atomic E-state index is 13.1. The van der Waals surface area contributed by atoms with Crippen LogP contribution in [0.2, 0.25) is 0 Å². The van der Waals surface area contributed by atoms with E-state index in [4.69, 9.17) is 4.74 Å². The molecule has 0 spiro atoms. The number of anilines is 1. The summed E-state index contributed by atoms with van der Waals surface area (Å²) in [5.41, 5.74) is 0.329. The quantitative estimate of drug-likeness (QED) is 0.740. The second kappa shape index (κ2) is 8.53. The molecule has 0 aliphatic carbocycles. The Labute approximate surface area is 170 Å². The number of benzene rings is 2. The molecule has 1 fully saturated rings. The molecule has 0 radical (unpaired) electrons. The van der Waals surface area contributed by atoms with Crippen LogP contribution in [0.4, 0.5) is 10.5 Å². The molecular weight excluding hydrogens is 370 g/mol. The molecule has 3 amide bonds. The van der Waals surface area contributed by atoms with Crippen LogP contribution in [0.5, 0.6) is 5.75 Å². The van der Waals surface area contributed by atoms with E-state index in [0.29, 0.717) is 24.4 Å². The first-order valence-corrected chi connectivity index (χ1v) is 9.58. The van der Waals surface area contributed by atoms with Crippen LogP contribution in [-0.4, -0.2) is 47.2 Å². The molecule has 29 heavy (non-hydrogen) atoms. The Morgan fingerprint density at radius 3 is 2.38 bits per heavy atom. The van der Waals surface area contributed by atoms with E-state index < -0.39 is 17.7 Å². The minimum absolute atomic E-state index is 0.256. The summed E-state index contributed by atoms with van der Waals surface area (Å²) in [6.45, 7) is 3.46. The van der Waals surface area contributed by atoms with Gasteiger partial charge in [-0.05, 0) is 43.2 Å². The van der Waals surface area contributed by atoms with Gasteiger partial charge >= 0.3 is 6.03 Å². The third-order valence-electron chi connectivity index (χ3n) is 5.28. The minimum atomic E-state index is -1.15. The highest BCUT2D eigenvalue weighted by atomic mass is 16.5. The number of hydrogen-bond acceptors (Lipinski definition) is 4. The van der Waals surface area contributed by atoms with Gasteiger partial charge in [-0.25, -0.2) is 4.79 Å². The van der Waals surface area contributed by atoms with Crippen LogP contribution in [0, 0.1) is 0 Å². The Hall–Kier alpha value is -3.06. The van der Waals surface area contributed by atoms with Crippen LogP contribution in [0.1, 0.15) is 31.9 Å². The number of hydrogen-bond donors (Lipinski definition) is 3. The summed E-state index contributed by atoms with van der Waals surface area (Å²) in [4.78, 5) is 26.7. The molecule has 1 aliphatic heterocycles. The van der Waals surface area contributed by atoms with Crippen molar-refractivity contribution in [1.82, 2.24) is 10.2 Å². The first-order chi connectivity index (χ1) is 13.8. The van der Waals surface area contributed by atoms with E-state index >= 15 is 0 Å². The lowest BCUT2D eigenvalue weighted by atomic mass is 9.79. The van der Waals surface area contributed by atoms with E-state index in [9.17, 15) is 14.7 Å². The fourth-order valence-corrected chi connectivity index (χ4v) is 3.73. The standard InChI is InChI=1S/C22H27N3O4/c1-15(26)23-20-19(16-7-5-4-6-8-16)25(14-13-22(20,2)28)21(27)24-17-9-11-18(29-3)12-10-17/h4-12,19-20,28H,13-14H2,1-3H3,(H,23,26)(H,24,27)/t19-,20-,22+/m0/s1. The van der Waals surface area contributed by atoms with E-state index in [0.717, 1.165) is 5.56 Å². The summed E-state index contributed by atoms with van der Waals surface area (Å²) >= 11 is 0. The second-order valence-corrected chi connectivity index (χ2v) is 7.49. The number of ether oxygens (including phenoxy) is 1. The lowest BCUT2D eigenvalue weighted by molar-refractivity contribution is -0.125. The van der Waals surface area contributed by atoms with Gasteiger partial charge in [0.05, 0.1) is 24.8 Å². The second-order valence-electron chi connectivity index (χ2n) is 7.49. The first kappa shape index (κ1) is 20.7. The van der Waals surface area contributed by atoms with Crippen molar-refractivity contribution < 1.29 is 19.4 Å². The van der Waals surface area contributed by atoms with Crippen molar-refractivity contribution in [2.75, 3.05) is 19.0 Å². The average Bonchev–Trinajstić information content (AvgIpc) is 2.70. The molecular formula is C22H27N3O4. The number of urea groups is 1. The van der Waals surface area contributed by atoms with E-state index in [1.165, 1.54) is 6.92 Å². The number of rotatable bonds is 4. The number of amides is 3. The van der Waals surface area contributed by atoms with Crippen LogP contribution in [0.25, 0.3) is 0 Å². The summed E-state index contributed by atoms with van der Waals surface area (Å²) < 4.78 is 5.15. The zero-order chi connectivity index (χ0) is 21.0. The van der Waals surface area contributed by atoms with Crippen LogP contribution in [-0.2, 0) is 4.79 Å². The Bertz CT molecular complexity index is 852. The number of carbonyl (C=O) groups is 2. The van der Waals surface area contributed by atoms with Gasteiger partial charge in [-0.3, -0.25) is 4.79 Å². The highest BCUT2D eigenvalue weighted by Crippen LogP contribution is 2.37. The molecule has 0 unspecified atom stereocenters. The van der Waals surface area contributed by atoms with Gasteiger partial charge in [0, 0.05) is 19.2 Å². The average molecular weight is 397 g/mol. The van der Waals surface area contributed by atoms with E-state index in [2.05, 4.69) is 10.6 Å². The monoisotopic (exact) mass is 397 g/mol. The summed E-state index contributed by atoms with van der Waals surface area (Å²) in [7, 11) is 1.58. The minimum Gasteiger partial charge on any atom is -0.497 e. The van der Waals surface area contributed by atoms with E-state index in [-0.39, 0.29) is 11.9 Å². The molecule has 2 aromatic carbocycles. The maximum Gasteiger partial charge on any atom is 0.322 e. The van der Waals surface area contributed by atoms with Crippen LogP contribution in [0.3, 0.4) is 0 Å². The zero-order valence-corrected chi connectivity index (χ0v) is 16.9. The molecule has 154 valence electrons. The molecule has 3 atom stereocenters. The molecule has 0 aromatic heterocycles. The van der Waals surface area contributed by atoms with Crippen molar-refractivity contribution in [3.63, 3.8) is 0 Å². The Balaban J connectivity index is 1.91. The Morgan fingerprint density at radius 1 is 1.14 bits per heavy atom. The lowest BCUT2D eigenvalue weighted by Crippen LogP contribution is -2.63. The summed E-state index contributed by atoms with van der Waals surface area (Å²) in [5.74, 6) is 0.443. The van der Waals surface area contributed by atoms with Crippen LogP contribution < -0.4 is 15.4 Å². The summed E-state index contributed by atoms with van der Waals surface area (Å²) in [6.07, 6.45) is 0.345. The van der Waals surface area contributed by atoms with Crippen LogP contribution in [0.15, 0.2) is 54.6 Å². The molecule has 1 saturated heterocycles. The van der Waals surface area contributed by atoms with Gasteiger partial charge < -0.3 is 25.4 Å². The third kappa shape index (κ3) is 4.68. The molecule has 7 heteroatoms. The smallest absolute Gasteiger partial charge is 0.322 e. The number of piperidine rings is 1. The molecule has 3 rings (SSSR count). The van der Waals surface area contributed by atoms with Crippen molar-refractivity contribution in [3.05, 3.63) is 60.2 Å². The van der Waals surface area contributed by atoms with Crippen LogP contribution >= 0.6 is 0 Å². The van der Waals surface area contributed by atoms with Crippen molar-refractivity contribution in [3.8, 4) is 5.75 Å². The topological polar surface area (TPSA) is 90.9 Å². The van der Waals surface area contributed by atoms with Gasteiger partial charge in [-0.1, -0.05) is 30.3 Å². The largest absolute Gasteiger partial charge is 0.497 e. The van der Waals surface area contributed by atoms with Gasteiger partial charge in [0.15, 0.2) is 0 Å². The van der Waals surface area contributed by atoms with Crippen molar-refractivity contribution in [1.29, 1.82) is 0 Å². The maximum absolute atomic E-state index is 13.1. The van der Waals surface area contributed by atoms with Gasteiger partial charge in [0.25, 0.3) is 0 Å². The molecule has 0 saturated carbocycles. The molecule has 1 aliphatic rings. The fourth-order valence-electron chi connectivity index (χ4n) is 3.73. The highest BCUT2D eigenvalue weighted by Gasteiger charge is 2.47. The van der Waals surface area contributed by atoms with Gasteiger partial charge in [-0.2, -0.15) is 0 Å². The number of nitrogens with one attached hydrogen (secondary N) is 2. The molecule has 7 nitrogen and oxygen atoms in total. The third-order valence-corrected chi connectivity index (χ3v) is 5.28. The van der Waals surface area contributed by atoms with Crippen molar-refractivity contribution >= 4 is 17.6 Å². The van der Waals surface area contributed by atoms with Gasteiger partial charge in [0.1, 0.15) is 5.75 Å². The van der Waals surface area contributed by atoms with E-state index in [1.54, 1.807) is 43.2 Å². The van der Waals surface area contributed by atoms with E-state index in [1.807, 2.05) is 30.3 Å². The number of nitrogens with zero attached hydrogens (tertiary/aromatic N) is 1. The number of likely N-dealkylation sites (tertiary alicyclic amines) is 1. The van der Waals surface area contributed by atoms with Gasteiger partial charge in [0.2, 0.25) is 5.91 Å². The predicted molar refractivity (Wildman–Crippen MR) is 111 cm³/mol. The molecule has 0 bridgehead atoms. The Morgan fingerprint density at radius 2 is 1.79 bits per heavy atom. The fraction of sp³-hybridized carbons (Fsp3) is 0.364. The molecule has 1 heterocycles. The normalized spacial score (nSPS) is 23.9. The predicted octanol–water partition coefficient (Wildman–Crippen LogP) is 2.93. The Kier molecular flexibility index (Phi) is 6.08. The van der Waals surface area contributed by atoms with Crippen molar-refractivity contribution in [2.45, 2.75) is 38.0 Å². The number of methoxy groups -OCH3 is 1. The number of carbonyl (C=O) groups excluding carboxylic acids is 2. The SMILES string of the molecule is COc1ccc(NC(=O)N2CC[C@@](C)(O)[C@@H](NC(C)=O)[C@@H]2c2ccccc2)cc1. The first-order valence-electron chi connectivity index (χ1n) is 9.58. The van der Waals surface area contributed by atoms with Gasteiger partial charge in [-0.15, -0.1) is 0 Å². The zero-order valence-electron chi connectivity index (χ0n) is 16.9. The highest BCUT2D eigenvalue weighted by molar-refractivity contribution is 5.90. The van der Waals surface area contributed by atoms with Crippen molar-refractivity contribution in [2.24, 2.45) is 0 Å². The number of aliphatic hydroxyl groups is 1. The lowest BCUT2D eigenvalue weighted by Gasteiger charge is -2.48. The summed E-state index contributed by atoms with van der Waals surface area (Å²) in [5, 5.41) is 16.7. The summed E-state index contributed by atoms with van der Waals surface area (Å²) in [6, 6.07) is 15.1. The molecule has 2 aromatic rings. The molecule has 3 N–H and O–H groups in total.